The molecule has 1 heterocycles. The Morgan fingerprint density at radius 3 is 2.35 bits per heavy atom. The first-order valence-corrected chi connectivity index (χ1v) is 9.62. The van der Waals surface area contributed by atoms with Crippen LogP contribution in [-0.4, -0.2) is 21.9 Å². The molecule has 0 fully saturated rings. The summed E-state index contributed by atoms with van der Waals surface area (Å²) >= 11 is 1.24. The summed E-state index contributed by atoms with van der Waals surface area (Å²) in [6.45, 7) is 4.17. The molecular weight excluding hydrogens is 346 g/mol. The lowest BCUT2D eigenvalue weighted by molar-refractivity contribution is -0.113. The molecule has 0 saturated carbocycles. The van der Waals surface area contributed by atoms with Crippen LogP contribution in [0.15, 0.2) is 58.2 Å². The van der Waals surface area contributed by atoms with Crippen molar-refractivity contribution < 1.29 is 9.21 Å². The molecule has 26 heavy (non-hydrogen) atoms. The molecule has 1 amide bonds. The van der Waals surface area contributed by atoms with E-state index >= 15 is 0 Å². The number of amides is 1. The van der Waals surface area contributed by atoms with Crippen molar-refractivity contribution in [3.8, 4) is 11.5 Å². The molecule has 1 N–H and O–H groups in total. The van der Waals surface area contributed by atoms with Gasteiger partial charge in [-0.25, -0.2) is 0 Å². The van der Waals surface area contributed by atoms with Gasteiger partial charge in [0, 0.05) is 11.3 Å². The van der Waals surface area contributed by atoms with E-state index in [1.807, 2.05) is 48.5 Å². The highest BCUT2D eigenvalue weighted by atomic mass is 32.2. The first-order chi connectivity index (χ1) is 12.7. The normalized spacial score (nSPS) is 10.7. The molecule has 3 aromatic rings. The molecule has 0 atom stereocenters. The van der Waals surface area contributed by atoms with Crippen molar-refractivity contribution in [1.82, 2.24) is 10.2 Å². The van der Waals surface area contributed by atoms with Crippen molar-refractivity contribution in [3.63, 3.8) is 0 Å². The third-order valence-corrected chi connectivity index (χ3v) is 4.84. The lowest BCUT2D eigenvalue weighted by Crippen LogP contribution is -2.16. The SMILES string of the molecule is CCc1cccc(CC)c1NC(=O)CSc1nnc(-c2ccccc2)o1. The number of hydrogen-bond donors (Lipinski definition) is 1. The monoisotopic (exact) mass is 367 g/mol. The van der Waals surface area contributed by atoms with E-state index in [-0.39, 0.29) is 11.7 Å². The Balaban J connectivity index is 1.63. The Morgan fingerprint density at radius 2 is 1.69 bits per heavy atom. The fourth-order valence-electron chi connectivity index (χ4n) is 2.67. The van der Waals surface area contributed by atoms with Gasteiger partial charge in [-0.3, -0.25) is 4.79 Å². The summed E-state index contributed by atoms with van der Waals surface area (Å²) in [7, 11) is 0. The second-order valence-corrected chi connectivity index (χ2v) is 6.66. The van der Waals surface area contributed by atoms with Crippen LogP contribution in [0.25, 0.3) is 11.5 Å². The molecule has 0 aliphatic heterocycles. The van der Waals surface area contributed by atoms with E-state index in [0.717, 1.165) is 35.2 Å². The van der Waals surface area contributed by atoms with Crippen LogP contribution in [-0.2, 0) is 17.6 Å². The van der Waals surface area contributed by atoms with E-state index in [4.69, 9.17) is 4.42 Å². The van der Waals surface area contributed by atoms with E-state index in [1.54, 1.807) is 0 Å². The minimum absolute atomic E-state index is 0.0786. The molecule has 5 nitrogen and oxygen atoms in total. The third kappa shape index (κ3) is 4.32. The number of nitrogens with zero attached hydrogens (tertiary/aromatic N) is 2. The topological polar surface area (TPSA) is 68.0 Å². The van der Waals surface area contributed by atoms with Gasteiger partial charge in [0.25, 0.3) is 5.22 Å². The van der Waals surface area contributed by atoms with Crippen LogP contribution in [0.5, 0.6) is 0 Å². The summed E-state index contributed by atoms with van der Waals surface area (Å²) in [5.41, 5.74) is 4.08. The minimum Gasteiger partial charge on any atom is -0.411 e. The largest absolute Gasteiger partial charge is 0.411 e. The number of hydrogen-bond acceptors (Lipinski definition) is 5. The average Bonchev–Trinajstić information content (AvgIpc) is 3.16. The predicted octanol–water partition coefficient (Wildman–Crippen LogP) is 4.59. The highest BCUT2D eigenvalue weighted by Gasteiger charge is 2.13. The zero-order valence-corrected chi connectivity index (χ0v) is 15.7. The Kier molecular flexibility index (Phi) is 6.07. The number of rotatable bonds is 7. The van der Waals surface area contributed by atoms with Gasteiger partial charge in [0.2, 0.25) is 11.8 Å². The standard InChI is InChI=1S/C20H21N3O2S/c1-3-14-11-8-12-15(4-2)18(14)21-17(24)13-26-20-23-22-19(25-20)16-9-6-5-7-10-16/h5-12H,3-4,13H2,1-2H3,(H,21,24). The molecule has 0 spiro atoms. The maximum Gasteiger partial charge on any atom is 0.277 e. The molecule has 0 aliphatic carbocycles. The Labute approximate surface area is 157 Å². The number of benzene rings is 2. The number of anilines is 1. The third-order valence-electron chi connectivity index (χ3n) is 4.02. The maximum absolute atomic E-state index is 12.4. The van der Waals surface area contributed by atoms with Gasteiger partial charge in [0.05, 0.1) is 5.75 Å². The summed E-state index contributed by atoms with van der Waals surface area (Å²) in [6, 6.07) is 15.7. The molecule has 6 heteroatoms. The summed E-state index contributed by atoms with van der Waals surface area (Å²) in [6.07, 6.45) is 1.75. The zero-order chi connectivity index (χ0) is 18.4. The Hall–Kier alpha value is -2.60. The average molecular weight is 367 g/mol. The Bertz CT molecular complexity index is 856. The fourth-order valence-corrected chi connectivity index (χ4v) is 3.23. The molecular formula is C20H21N3O2S. The molecule has 0 bridgehead atoms. The summed E-state index contributed by atoms with van der Waals surface area (Å²) in [4.78, 5) is 12.4. The van der Waals surface area contributed by atoms with Crippen LogP contribution in [0.3, 0.4) is 0 Å². The number of thioether (sulfide) groups is 1. The van der Waals surface area contributed by atoms with Gasteiger partial charge in [0.1, 0.15) is 0 Å². The predicted molar refractivity (Wildman–Crippen MR) is 104 cm³/mol. The number of para-hydroxylation sites is 1. The van der Waals surface area contributed by atoms with Gasteiger partial charge in [0.15, 0.2) is 0 Å². The molecule has 3 rings (SSSR count). The zero-order valence-electron chi connectivity index (χ0n) is 14.9. The number of aromatic nitrogens is 2. The summed E-state index contributed by atoms with van der Waals surface area (Å²) < 4.78 is 5.62. The summed E-state index contributed by atoms with van der Waals surface area (Å²) in [5.74, 6) is 0.598. The number of aryl methyl sites for hydroxylation is 2. The van der Waals surface area contributed by atoms with Crippen LogP contribution in [0.1, 0.15) is 25.0 Å². The highest BCUT2D eigenvalue weighted by Crippen LogP contribution is 2.25. The van der Waals surface area contributed by atoms with Gasteiger partial charge >= 0.3 is 0 Å². The number of carbonyl (C=O) groups excluding carboxylic acids is 1. The summed E-state index contributed by atoms with van der Waals surface area (Å²) in [5, 5.41) is 11.5. The molecule has 134 valence electrons. The van der Waals surface area contributed by atoms with Crippen molar-refractivity contribution in [2.24, 2.45) is 0 Å². The molecule has 2 aromatic carbocycles. The smallest absolute Gasteiger partial charge is 0.277 e. The van der Waals surface area contributed by atoms with Gasteiger partial charge in [-0.1, -0.05) is 62.0 Å². The molecule has 0 radical (unpaired) electrons. The van der Waals surface area contributed by atoms with E-state index < -0.39 is 0 Å². The lowest BCUT2D eigenvalue weighted by atomic mass is 10.0. The van der Waals surface area contributed by atoms with Crippen LogP contribution in [0.2, 0.25) is 0 Å². The molecule has 0 saturated heterocycles. The van der Waals surface area contributed by atoms with E-state index in [9.17, 15) is 4.79 Å². The van der Waals surface area contributed by atoms with Crippen LogP contribution >= 0.6 is 11.8 Å². The highest BCUT2D eigenvalue weighted by molar-refractivity contribution is 7.99. The van der Waals surface area contributed by atoms with Crippen LogP contribution < -0.4 is 5.32 Å². The van der Waals surface area contributed by atoms with Gasteiger partial charge in [-0.15, -0.1) is 10.2 Å². The molecule has 0 unspecified atom stereocenters. The number of nitrogens with one attached hydrogen (secondary N) is 1. The van der Waals surface area contributed by atoms with E-state index in [2.05, 4.69) is 29.4 Å². The number of carbonyl (C=O) groups is 1. The fraction of sp³-hybridized carbons (Fsp3) is 0.250. The van der Waals surface area contributed by atoms with E-state index in [1.165, 1.54) is 11.8 Å². The molecule has 0 aliphatic rings. The Morgan fingerprint density at radius 1 is 1.00 bits per heavy atom. The van der Waals surface area contributed by atoms with Gasteiger partial charge < -0.3 is 9.73 Å². The van der Waals surface area contributed by atoms with Crippen molar-refractivity contribution in [3.05, 3.63) is 59.7 Å². The van der Waals surface area contributed by atoms with Crippen LogP contribution in [0, 0.1) is 0 Å². The first-order valence-electron chi connectivity index (χ1n) is 8.63. The lowest BCUT2D eigenvalue weighted by Gasteiger charge is -2.13. The van der Waals surface area contributed by atoms with Crippen molar-refractivity contribution in [2.75, 3.05) is 11.1 Å². The van der Waals surface area contributed by atoms with Crippen molar-refractivity contribution in [1.29, 1.82) is 0 Å². The van der Waals surface area contributed by atoms with Crippen molar-refractivity contribution >= 4 is 23.4 Å². The second kappa shape index (κ2) is 8.67. The van der Waals surface area contributed by atoms with Crippen LogP contribution in [0.4, 0.5) is 5.69 Å². The second-order valence-electron chi connectivity index (χ2n) is 5.73. The van der Waals surface area contributed by atoms with Gasteiger partial charge in [-0.05, 0) is 36.1 Å². The quantitative estimate of drug-likeness (QED) is 0.619. The van der Waals surface area contributed by atoms with Crippen molar-refractivity contribution in [2.45, 2.75) is 31.9 Å². The first kappa shape index (κ1) is 18.2. The van der Waals surface area contributed by atoms with E-state index in [0.29, 0.717) is 11.1 Å². The minimum atomic E-state index is -0.0786. The van der Waals surface area contributed by atoms with Gasteiger partial charge in [-0.2, -0.15) is 0 Å². The molecule has 1 aromatic heterocycles. The maximum atomic E-state index is 12.4.